The summed E-state index contributed by atoms with van der Waals surface area (Å²) in [7, 11) is 0. The van der Waals surface area contributed by atoms with Crippen LogP contribution in [0.3, 0.4) is 0 Å². The van der Waals surface area contributed by atoms with E-state index in [1.54, 1.807) is 0 Å². The van der Waals surface area contributed by atoms with Gasteiger partial charge in [0.15, 0.2) is 0 Å². The van der Waals surface area contributed by atoms with Crippen molar-refractivity contribution in [1.82, 2.24) is 0 Å². The van der Waals surface area contributed by atoms with E-state index in [9.17, 15) is 5.11 Å². The molecule has 1 aliphatic carbocycles. The van der Waals surface area contributed by atoms with Crippen LogP contribution in [0.4, 0.5) is 0 Å². The summed E-state index contributed by atoms with van der Waals surface area (Å²) in [6, 6.07) is 7.56. The zero-order valence-corrected chi connectivity index (χ0v) is 9.37. The van der Waals surface area contributed by atoms with Gasteiger partial charge in [-0.05, 0) is 31.7 Å². The Morgan fingerprint density at radius 1 is 1.40 bits per heavy atom. The molecule has 1 fully saturated rings. The molecule has 1 saturated carbocycles. The summed E-state index contributed by atoms with van der Waals surface area (Å²) in [6.45, 7) is 0. The fourth-order valence-corrected chi connectivity index (χ4v) is 2.69. The number of benzene rings is 1. The van der Waals surface area contributed by atoms with Crippen molar-refractivity contribution in [2.45, 2.75) is 37.3 Å². The van der Waals surface area contributed by atoms with Gasteiger partial charge in [0.2, 0.25) is 0 Å². The van der Waals surface area contributed by atoms with Gasteiger partial charge in [-0.1, -0.05) is 29.8 Å². The fraction of sp³-hybridized carbons (Fsp3) is 0.500. The molecule has 1 aliphatic rings. The maximum Gasteiger partial charge on any atom is 0.0925 e. The Bertz CT molecular complexity index is 355. The molecular formula is C12H16ClNO. The minimum atomic E-state index is -0.823. The summed E-state index contributed by atoms with van der Waals surface area (Å²) in [5, 5.41) is 11.2. The van der Waals surface area contributed by atoms with Crippen LogP contribution in [0.1, 0.15) is 31.2 Å². The van der Waals surface area contributed by atoms with E-state index in [1.165, 1.54) is 0 Å². The van der Waals surface area contributed by atoms with E-state index < -0.39 is 5.60 Å². The van der Waals surface area contributed by atoms with Gasteiger partial charge in [-0.3, -0.25) is 0 Å². The van der Waals surface area contributed by atoms with Gasteiger partial charge in [0, 0.05) is 16.6 Å². The van der Waals surface area contributed by atoms with Crippen LogP contribution in [-0.4, -0.2) is 11.1 Å². The summed E-state index contributed by atoms with van der Waals surface area (Å²) < 4.78 is 0. The van der Waals surface area contributed by atoms with Crippen LogP contribution in [0.5, 0.6) is 0 Å². The first-order chi connectivity index (χ1) is 7.12. The molecule has 0 heterocycles. The molecule has 1 aromatic rings. The minimum Gasteiger partial charge on any atom is -0.385 e. The molecule has 0 saturated heterocycles. The lowest BCUT2D eigenvalue weighted by Gasteiger charge is -2.36. The van der Waals surface area contributed by atoms with Crippen LogP contribution < -0.4 is 5.73 Å². The standard InChI is InChI=1S/C12H16ClNO/c13-11-6-2-1-5-10(11)12(15)7-3-4-9(14)8-12/h1-2,5-6,9,15H,3-4,7-8,14H2. The monoisotopic (exact) mass is 225 g/mol. The molecule has 1 aromatic carbocycles. The van der Waals surface area contributed by atoms with Crippen molar-refractivity contribution in [3.8, 4) is 0 Å². The molecular weight excluding hydrogens is 210 g/mol. The number of rotatable bonds is 1. The van der Waals surface area contributed by atoms with Gasteiger partial charge in [-0.2, -0.15) is 0 Å². The summed E-state index contributed by atoms with van der Waals surface area (Å²) in [5.74, 6) is 0. The van der Waals surface area contributed by atoms with Gasteiger partial charge >= 0.3 is 0 Å². The van der Waals surface area contributed by atoms with Crippen molar-refractivity contribution >= 4 is 11.6 Å². The Labute approximate surface area is 95.1 Å². The van der Waals surface area contributed by atoms with E-state index in [1.807, 2.05) is 24.3 Å². The highest BCUT2D eigenvalue weighted by Crippen LogP contribution is 2.39. The molecule has 0 aliphatic heterocycles. The van der Waals surface area contributed by atoms with Gasteiger partial charge < -0.3 is 10.8 Å². The van der Waals surface area contributed by atoms with Gasteiger partial charge in [0.1, 0.15) is 0 Å². The molecule has 3 heteroatoms. The highest BCUT2D eigenvalue weighted by atomic mass is 35.5. The van der Waals surface area contributed by atoms with E-state index in [4.69, 9.17) is 17.3 Å². The van der Waals surface area contributed by atoms with Crippen LogP contribution in [0.2, 0.25) is 5.02 Å². The minimum absolute atomic E-state index is 0.0834. The summed E-state index contributed by atoms with van der Waals surface area (Å²) in [5.41, 5.74) is 5.89. The third-order valence-corrected chi connectivity index (χ3v) is 3.47. The highest BCUT2D eigenvalue weighted by molar-refractivity contribution is 6.31. The second kappa shape index (κ2) is 4.12. The van der Waals surface area contributed by atoms with Crippen LogP contribution in [0, 0.1) is 0 Å². The topological polar surface area (TPSA) is 46.2 Å². The largest absolute Gasteiger partial charge is 0.385 e. The number of aliphatic hydroxyl groups is 1. The number of hydrogen-bond acceptors (Lipinski definition) is 2. The van der Waals surface area contributed by atoms with E-state index in [-0.39, 0.29) is 6.04 Å². The Balaban J connectivity index is 2.32. The van der Waals surface area contributed by atoms with Crippen molar-refractivity contribution in [3.05, 3.63) is 34.9 Å². The molecule has 2 rings (SSSR count). The molecule has 82 valence electrons. The zero-order valence-electron chi connectivity index (χ0n) is 8.62. The number of halogens is 1. The lowest BCUT2D eigenvalue weighted by molar-refractivity contribution is -0.00706. The second-order valence-corrected chi connectivity index (χ2v) is 4.78. The molecule has 2 nitrogen and oxygen atoms in total. The smallest absolute Gasteiger partial charge is 0.0925 e. The summed E-state index contributed by atoms with van der Waals surface area (Å²) in [6.07, 6.45) is 3.32. The second-order valence-electron chi connectivity index (χ2n) is 4.37. The molecule has 15 heavy (non-hydrogen) atoms. The lowest BCUT2D eigenvalue weighted by atomic mass is 9.77. The summed E-state index contributed by atoms with van der Waals surface area (Å²) in [4.78, 5) is 0. The Hall–Kier alpha value is -0.570. The van der Waals surface area contributed by atoms with E-state index >= 15 is 0 Å². The van der Waals surface area contributed by atoms with Gasteiger partial charge in [-0.25, -0.2) is 0 Å². The predicted octanol–water partition coefficient (Wildman–Crippen LogP) is 2.43. The molecule has 0 radical (unpaired) electrons. The quantitative estimate of drug-likeness (QED) is 0.771. The first-order valence-electron chi connectivity index (χ1n) is 5.35. The van der Waals surface area contributed by atoms with E-state index in [0.29, 0.717) is 11.4 Å². The molecule has 0 bridgehead atoms. The molecule has 2 atom stereocenters. The molecule has 2 unspecified atom stereocenters. The van der Waals surface area contributed by atoms with Crippen LogP contribution in [0.15, 0.2) is 24.3 Å². The Morgan fingerprint density at radius 3 is 2.80 bits per heavy atom. The Kier molecular flexibility index (Phi) is 3.01. The normalized spacial score (nSPS) is 31.5. The summed E-state index contributed by atoms with van der Waals surface area (Å²) >= 11 is 6.09. The molecule has 3 N–H and O–H groups in total. The fourth-order valence-electron chi connectivity index (χ4n) is 2.38. The number of nitrogens with two attached hydrogens (primary N) is 1. The maximum atomic E-state index is 10.5. The third-order valence-electron chi connectivity index (χ3n) is 3.14. The zero-order chi connectivity index (χ0) is 10.9. The first-order valence-corrected chi connectivity index (χ1v) is 5.72. The lowest BCUT2D eigenvalue weighted by Crippen LogP contribution is -2.39. The van der Waals surface area contributed by atoms with Crippen LogP contribution in [-0.2, 0) is 5.60 Å². The molecule has 0 aromatic heterocycles. The van der Waals surface area contributed by atoms with Crippen molar-refractivity contribution in [1.29, 1.82) is 0 Å². The Morgan fingerprint density at radius 2 is 2.13 bits per heavy atom. The number of hydrogen-bond donors (Lipinski definition) is 2. The van der Waals surface area contributed by atoms with Crippen molar-refractivity contribution in [2.75, 3.05) is 0 Å². The van der Waals surface area contributed by atoms with Gasteiger partial charge in [0.05, 0.1) is 5.60 Å². The van der Waals surface area contributed by atoms with E-state index in [0.717, 1.165) is 24.8 Å². The molecule has 0 spiro atoms. The maximum absolute atomic E-state index is 10.5. The SMILES string of the molecule is NC1CCCC(O)(c2ccccc2Cl)C1. The highest BCUT2D eigenvalue weighted by Gasteiger charge is 2.35. The average molecular weight is 226 g/mol. The van der Waals surface area contributed by atoms with Crippen molar-refractivity contribution in [3.63, 3.8) is 0 Å². The van der Waals surface area contributed by atoms with Crippen molar-refractivity contribution < 1.29 is 5.11 Å². The van der Waals surface area contributed by atoms with E-state index in [2.05, 4.69) is 0 Å². The average Bonchev–Trinajstić information content (AvgIpc) is 2.17. The third kappa shape index (κ3) is 2.17. The predicted molar refractivity (Wildman–Crippen MR) is 61.8 cm³/mol. The van der Waals surface area contributed by atoms with Crippen molar-refractivity contribution in [2.24, 2.45) is 5.73 Å². The first kappa shape index (κ1) is 10.9. The van der Waals surface area contributed by atoms with Crippen LogP contribution in [0.25, 0.3) is 0 Å². The van der Waals surface area contributed by atoms with Crippen LogP contribution >= 0.6 is 11.6 Å². The molecule has 0 amide bonds. The van der Waals surface area contributed by atoms with Gasteiger partial charge in [-0.15, -0.1) is 0 Å². The van der Waals surface area contributed by atoms with Gasteiger partial charge in [0.25, 0.3) is 0 Å².